The van der Waals surface area contributed by atoms with Crippen molar-refractivity contribution in [2.45, 2.75) is 6.36 Å². The molecule has 2 aromatic carbocycles. The number of nitrogens with zero attached hydrogens (tertiary/aromatic N) is 1. The quantitative estimate of drug-likeness (QED) is 0.779. The van der Waals surface area contributed by atoms with Crippen molar-refractivity contribution in [3.8, 4) is 22.9 Å². The summed E-state index contributed by atoms with van der Waals surface area (Å²) in [6.45, 7) is 0. The van der Waals surface area contributed by atoms with Gasteiger partial charge in [0, 0.05) is 4.47 Å². The lowest BCUT2D eigenvalue weighted by atomic mass is 10.0. The van der Waals surface area contributed by atoms with Crippen LogP contribution in [0, 0.1) is 11.3 Å². The third kappa shape index (κ3) is 3.52. The van der Waals surface area contributed by atoms with Crippen LogP contribution in [-0.2, 0) is 0 Å². The summed E-state index contributed by atoms with van der Waals surface area (Å²) in [5.41, 5.74) is 1.39. The molecular weight excluding hydrogens is 335 g/mol. The molecule has 0 aliphatic carbocycles. The van der Waals surface area contributed by atoms with E-state index in [-0.39, 0.29) is 5.75 Å². The standard InChI is InChI=1S/C14H7BrF3NO/c15-11-4-5-13(10(6-11)8-19)9-2-1-3-12(7-9)20-14(16,17)18/h1-7H. The van der Waals surface area contributed by atoms with Gasteiger partial charge in [0.05, 0.1) is 11.6 Å². The molecule has 102 valence electrons. The van der Waals surface area contributed by atoms with E-state index in [0.29, 0.717) is 16.7 Å². The fraction of sp³-hybridized carbons (Fsp3) is 0.0714. The molecule has 20 heavy (non-hydrogen) atoms. The Morgan fingerprint density at radius 1 is 1.10 bits per heavy atom. The third-order valence-corrected chi connectivity index (χ3v) is 2.97. The van der Waals surface area contributed by atoms with Gasteiger partial charge in [0.1, 0.15) is 5.75 Å². The number of hydrogen-bond donors (Lipinski definition) is 0. The lowest BCUT2D eigenvalue weighted by molar-refractivity contribution is -0.274. The van der Waals surface area contributed by atoms with Crippen LogP contribution in [0.4, 0.5) is 13.2 Å². The first-order chi connectivity index (χ1) is 9.39. The van der Waals surface area contributed by atoms with Gasteiger partial charge in [-0.05, 0) is 35.4 Å². The van der Waals surface area contributed by atoms with Gasteiger partial charge in [-0.2, -0.15) is 5.26 Å². The molecule has 0 aliphatic rings. The van der Waals surface area contributed by atoms with Gasteiger partial charge in [0.2, 0.25) is 0 Å². The van der Waals surface area contributed by atoms with E-state index in [1.807, 2.05) is 6.07 Å². The maximum Gasteiger partial charge on any atom is 0.573 e. The summed E-state index contributed by atoms with van der Waals surface area (Å²) in [5, 5.41) is 9.08. The van der Waals surface area contributed by atoms with Crippen LogP contribution < -0.4 is 4.74 Å². The highest BCUT2D eigenvalue weighted by Crippen LogP contribution is 2.30. The van der Waals surface area contributed by atoms with E-state index in [1.54, 1.807) is 24.3 Å². The van der Waals surface area contributed by atoms with Crippen LogP contribution in [0.2, 0.25) is 0 Å². The van der Waals surface area contributed by atoms with Crippen LogP contribution >= 0.6 is 15.9 Å². The first-order valence-electron chi connectivity index (χ1n) is 5.45. The number of alkyl halides is 3. The van der Waals surface area contributed by atoms with Crippen molar-refractivity contribution in [1.29, 1.82) is 5.26 Å². The van der Waals surface area contributed by atoms with Crippen LogP contribution in [0.25, 0.3) is 11.1 Å². The van der Waals surface area contributed by atoms with E-state index >= 15 is 0 Å². The predicted molar refractivity (Wildman–Crippen MR) is 71.0 cm³/mol. The van der Waals surface area contributed by atoms with Crippen LogP contribution in [-0.4, -0.2) is 6.36 Å². The number of benzene rings is 2. The molecule has 0 saturated heterocycles. The predicted octanol–water partition coefficient (Wildman–Crippen LogP) is 4.89. The number of rotatable bonds is 2. The van der Waals surface area contributed by atoms with Gasteiger partial charge in [-0.3, -0.25) is 0 Å². The summed E-state index contributed by atoms with van der Waals surface area (Å²) in [5.74, 6) is -0.318. The average molecular weight is 342 g/mol. The second-order valence-corrected chi connectivity index (χ2v) is 4.79. The Bertz CT molecular complexity index is 677. The zero-order valence-electron chi connectivity index (χ0n) is 9.91. The smallest absolute Gasteiger partial charge is 0.406 e. The molecule has 0 heterocycles. The molecule has 0 aromatic heterocycles. The molecule has 0 amide bonds. The molecule has 0 saturated carbocycles. The highest BCUT2D eigenvalue weighted by Gasteiger charge is 2.31. The molecule has 0 fully saturated rings. The molecule has 0 atom stereocenters. The van der Waals surface area contributed by atoms with E-state index in [2.05, 4.69) is 20.7 Å². The van der Waals surface area contributed by atoms with Crippen LogP contribution in [0.1, 0.15) is 5.56 Å². The minimum absolute atomic E-state index is 0.318. The average Bonchev–Trinajstić information content (AvgIpc) is 2.36. The number of nitriles is 1. The van der Waals surface area contributed by atoms with Gasteiger partial charge in [0.15, 0.2) is 0 Å². The topological polar surface area (TPSA) is 33.0 Å². The van der Waals surface area contributed by atoms with Gasteiger partial charge < -0.3 is 4.74 Å². The van der Waals surface area contributed by atoms with Crippen molar-refractivity contribution in [3.05, 3.63) is 52.5 Å². The van der Waals surface area contributed by atoms with E-state index in [4.69, 9.17) is 5.26 Å². The summed E-state index contributed by atoms with van der Waals surface area (Å²) in [7, 11) is 0. The Morgan fingerprint density at radius 2 is 1.85 bits per heavy atom. The number of ether oxygens (including phenoxy) is 1. The maximum absolute atomic E-state index is 12.2. The van der Waals surface area contributed by atoms with Crippen molar-refractivity contribution in [1.82, 2.24) is 0 Å². The molecule has 2 rings (SSSR count). The van der Waals surface area contributed by atoms with Crippen molar-refractivity contribution in [3.63, 3.8) is 0 Å². The Balaban J connectivity index is 2.44. The first kappa shape index (κ1) is 14.4. The molecule has 6 heteroatoms. The SMILES string of the molecule is N#Cc1cc(Br)ccc1-c1cccc(OC(F)(F)F)c1. The Labute approximate surface area is 121 Å². The van der Waals surface area contributed by atoms with Crippen molar-refractivity contribution < 1.29 is 17.9 Å². The molecule has 0 N–H and O–H groups in total. The molecule has 0 spiro atoms. The zero-order valence-corrected chi connectivity index (χ0v) is 11.5. The van der Waals surface area contributed by atoms with Crippen LogP contribution in [0.3, 0.4) is 0 Å². The lowest BCUT2D eigenvalue weighted by Gasteiger charge is -2.11. The fourth-order valence-electron chi connectivity index (χ4n) is 1.72. The summed E-state index contributed by atoms with van der Waals surface area (Å²) < 4.78 is 41.2. The van der Waals surface area contributed by atoms with E-state index in [1.165, 1.54) is 18.2 Å². The van der Waals surface area contributed by atoms with Crippen LogP contribution in [0.5, 0.6) is 5.75 Å². The van der Waals surface area contributed by atoms with Gasteiger partial charge in [-0.25, -0.2) is 0 Å². The Morgan fingerprint density at radius 3 is 2.50 bits per heavy atom. The molecular formula is C14H7BrF3NO. The largest absolute Gasteiger partial charge is 0.573 e. The van der Waals surface area contributed by atoms with Gasteiger partial charge in [-0.1, -0.05) is 34.1 Å². The monoisotopic (exact) mass is 341 g/mol. The normalized spacial score (nSPS) is 10.9. The molecule has 2 aromatic rings. The minimum atomic E-state index is -4.74. The van der Waals surface area contributed by atoms with Crippen molar-refractivity contribution in [2.75, 3.05) is 0 Å². The van der Waals surface area contributed by atoms with Gasteiger partial charge in [-0.15, -0.1) is 13.2 Å². The third-order valence-electron chi connectivity index (χ3n) is 2.48. The van der Waals surface area contributed by atoms with Gasteiger partial charge in [0.25, 0.3) is 0 Å². The van der Waals surface area contributed by atoms with Crippen molar-refractivity contribution >= 4 is 15.9 Å². The first-order valence-corrected chi connectivity index (χ1v) is 6.24. The lowest BCUT2D eigenvalue weighted by Crippen LogP contribution is -2.17. The summed E-state index contributed by atoms with van der Waals surface area (Å²) in [4.78, 5) is 0. The maximum atomic E-state index is 12.2. The Kier molecular flexibility index (Phi) is 4.00. The highest BCUT2D eigenvalue weighted by atomic mass is 79.9. The fourth-order valence-corrected chi connectivity index (χ4v) is 2.08. The summed E-state index contributed by atoms with van der Waals surface area (Å²) >= 11 is 3.24. The number of halogens is 4. The number of hydrogen-bond acceptors (Lipinski definition) is 2. The highest BCUT2D eigenvalue weighted by molar-refractivity contribution is 9.10. The summed E-state index contributed by atoms with van der Waals surface area (Å²) in [6.07, 6.45) is -4.74. The Hall–Kier alpha value is -2.00. The second-order valence-electron chi connectivity index (χ2n) is 3.88. The van der Waals surface area contributed by atoms with E-state index in [0.717, 1.165) is 4.47 Å². The summed E-state index contributed by atoms with van der Waals surface area (Å²) in [6, 6.07) is 12.5. The molecule has 0 unspecified atom stereocenters. The molecule has 0 bridgehead atoms. The molecule has 0 aliphatic heterocycles. The van der Waals surface area contributed by atoms with E-state index < -0.39 is 6.36 Å². The van der Waals surface area contributed by atoms with Crippen LogP contribution in [0.15, 0.2) is 46.9 Å². The molecule has 2 nitrogen and oxygen atoms in total. The van der Waals surface area contributed by atoms with Gasteiger partial charge >= 0.3 is 6.36 Å². The molecule has 0 radical (unpaired) electrons. The zero-order chi connectivity index (χ0) is 14.8. The van der Waals surface area contributed by atoms with E-state index in [9.17, 15) is 13.2 Å². The minimum Gasteiger partial charge on any atom is -0.406 e. The van der Waals surface area contributed by atoms with Crippen molar-refractivity contribution in [2.24, 2.45) is 0 Å². The second kappa shape index (κ2) is 5.55.